The lowest BCUT2D eigenvalue weighted by atomic mass is 10.1. The van der Waals surface area contributed by atoms with E-state index in [1.165, 1.54) is 29.9 Å². The van der Waals surface area contributed by atoms with Crippen LogP contribution in [-0.2, 0) is 24.3 Å². The largest absolute Gasteiger partial charge is 0.351 e. The van der Waals surface area contributed by atoms with E-state index in [1.807, 2.05) is 18.0 Å². The summed E-state index contributed by atoms with van der Waals surface area (Å²) < 4.78 is 2.09. The van der Waals surface area contributed by atoms with Crippen LogP contribution in [0.4, 0.5) is 0 Å². The van der Waals surface area contributed by atoms with Crippen molar-refractivity contribution in [3.63, 3.8) is 0 Å². The van der Waals surface area contributed by atoms with E-state index in [1.54, 1.807) is 11.8 Å². The molecule has 19 heavy (non-hydrogen) atoms. The van der Waals surface area contributed by atoms with Gasteiger partial charge in [0.15, 0.2) is 0 Å². The third-order valence-corrected chi connectivity index (χ3v) is 6.38. The molecule has 6 heteroatoms. The lowest BCUT2D eigenvalue weighted by Crippen LogP contribution is -2.35. The number of hydrogen-bond acceptors (Lipinski definition) is 4. The molecule has 1 fully saturated rings. The van der Waals surface area contributed by atoms with Crippen LogP contribution in [0.5, 0.6) is 0 Å². The van der Waals surface area contributed by atoms with E-state index >= 15 is 0 Å². The lowest BCUT2D eigenvalue weighted by molar-refractivity contribution is -0.120. The van der Waals surface area contributed by atoms with E-state index < -0.39 is 0 Å². The average Bonchev–Trinajstić information content (AvgIpc) is 2.89. The number of carbonyl (C=O) groups is 1. The summed E-state index contributed by atoms with van der Waals surface area (Å²) in [7, 11) is 0. The lowest BCUT2D eigenvalue weighted by Gasteiger charge is -2.20. The number of hydrogen-bond donors (Lipinski definition) is 1. The number of aromatic nitrogens is 2. The standard InChI is InChI=1S/C13H19N3OS2/c17-13(12-9-18-5-6-19-12)14-7-10-8-15-16-4-2-1-3-11(10)16/h8,12H,1-7,9H2,(H,14,17). The first-order valence-corrected chi connectivity index (χ1v) is 9.05. The Morgan fingerprint density at radius 2 is 2.42 bits per heavy atom. The fraction of sp³-hybridized carbons (Fsp3) is 0.692. The van der Waals surface area contributed by atoms with Crippen molar-refractivity contribution in [2.75, 3.05) is 17.3 Å². The summed E-state index contributed by atoms with van der Waals surface area (Å²) in [6.45, 7) is 1.66. The second-order valence-electron chi connectivity index (χ2n) is 4.95. The Morgan fingerprint density at radius 1 is 1.47 bits per heavy atom. The zero-order chi connectivity index (χ0) is 13.1. The van der Waals surface area contributed by atoms with Crippen molar-refractivity contribution in [2.45, 2.75) is 37.6 Å². The molecule has 0 radical (unpaired) electrons. The second kappa shape index (κ2) is 6.22. The molecule has 1 amide bonds. The molecule has 2 aliphatic rings. The molecule has 3 heterocycles. The van der Waals surface area contributed by atoms with E-state index in [0.29, 0.717) is 6.54 Å². The highest BCUT2D eigenvalue weighted by atomic mass is 32.2. The van der Waals surface area contributed by atoms with E-state index in [0.717, 1.165) is 24.5 Å². The first-order chi connectivity index (χ1) is 9.34. The van der Waals surface area contributed by atoms with Crippen molar-refractivity contribution >= 4 is 29.4 Å². The number of rotatable bonds is 3. The Hall–Kier alpha value is -0.620. The van der Waals surface area contributed by atoms with Crippen molar-refractivity contribution in [2.24, 2.45) is 0 Å². The first kappa shape index (κ1) is 13.4. The molecule has 0 bridgehead atoms. The van der Waals surface area contributed by atoms with Crippen LogP contribution in [0.3, 0.4) is 0 Å². The van der Waals surface area contributed by atoms with Crippen LogP contribution in [0.1, 0.15) is 24.1 Å². The molecule has 1 saturated heterocycles. The normalized spacial score (nSPS) is 22.8. The third-order valence-electron chi connectivity index (χ3n) is 3.63. The average molecular weight is 297 g/mol. The molecule has 104 valence electrons. The third kappa shape index (κ3) is 3.11. The summed E-state index contributed by atoms with van der Waals surface area (Å²) >= 11 is 3.66. The van der Waals surface area contributed by atoms with Gasteiger partial charge in [0, 0.05) is 41.6 Å². The molecule has 4 nitrogen and oxygen atoms in total. The molecule has 1 atom stereocenters. The number of nitrogens with one attached hydrogen (secondary N) is 1. The van der Waals surface area contributed by atoms with Gasteiger partial charge in [-0.25, -0.2) is 0 Å². The molecule has 1 aromatic rings. The number of carbonyl (C=O) groups excluding carboxylic acids is 1. The van der Waals surface area contributed by atoms with Gasteiger partial charge in [0.1, 0.15) is 0 Å². The van der Waals surface area contributed by atoms with Gasteiger partial charge >= 0.3 is 0 Å². The highest BCUT2D eigenvalue weighted by Gasteiger charge is 2.22. The molecule has 3 rings (SSSR count). The highest BCUT2D eigenvalue weighted by Crippen LogP contribution is 2.24. The minimum Gasteiger partial charge on any atom is -0.351 e. The first-order valence-electron chi connectivity index (χ1n) is 6.85. The Labute approximate surface area is 122 Å². The molecular weight excluding hydrogens is 278 g/mol. The van der Waals surface area contributed by atoms with Crippen LogP contribution in [0.15, 0.2) is 6.20 Å². The van der Waals surface area contributed by atoms with Crippen molar-refractivity contribution in [3.05, 3.63) is 17.5 Å². The van der Waals surface area contributed by atoms with Gasteiger partial charge in [-0.3, -0.25) is 9.48 Å². The molecule has 1 aromatic heterocycles. The van der Waals surface area contributed by atoms with Crippen molar-refractivity contribution in [1.29, 1.82) is 0 Å². The number of amides is 1. The summed E-state index contributed by atoms with van der Waals surface area (Å²) in [4.78, 5) is 12.1. The van der Waals surface area contributed by atoms with Gasteiger partial charge in [0.05, 0.1) is 11.4 Å². The van der Waals surface area contributed by atoms with Gasteiger partial charge in [-0.15, -0.1) is 11.8 Å². The Bertz CT molecular complexity index is 455. The van der Waals surface area contributed by atoms with Gasteiger partial charge in [-0.05, 0) is 19.3 Å². The van der Waals surface area contributed by atoms with Crippen molar-refractivity contribution < 1.29 is 4.79 Å². The number of thioether (sulfide) groups is 2. The molecule has 1 unspecified atom stereocenters. The molecule has 0 aliphatic carbocycles. The van der Waals surface area contributed by atoms with Gasteiger partial charge in [-0.1, -0.05) is 0 Å². The quantitative estimate of drug-likeness (QED) is 0.922. The summed E-state index contributed by atoms with van der Waals surface area (Å²) in [6, 6.07) is 0. The van der Waals surface area contributed by atoms with E-state index in [2.05, 4.69) is 15.1 Å². The maximum absolute atomic E-state index is 12.1. The van der Waals surface area contributed by atoms with Crippen molar-refractivity contribution in [1.82, 2.24) is 15.1 Å². The van der Waals surface area contributed by atoms with Gasteiger partial charge < -0.3 is 5.32 Å². The minimum absolute atomic E-state index is 0.130. The van der Waals surface area contributed by atoms with E-state index in [9.17, 15) is 4.79 Å². The summed E-state index contributed by atoms with van der Waals surface area (Å²) in [6.07, 6.45) is 5.47. The van der Waals surface area contributed by atoms with E-state index in [-0.39, 0.29) is 11.2 Å². The van der Waals surface area contributed by atoms with Crippen LogP contribution in [0, 0.1) is 0 Å². The zero-order valence-corrected chi connectivity index (χ0v) is 12.6. The van der Waals surface area contributed by atoms with Crippen LogP contribution in [0.25, 0.3) is 0 Å². The van der Waals surface area contributed by atoms with Gasteiger partial charge in [0.25, 0.3) is 0 Å². The molecule has 2 aliphatic heterocycles. The maximum Gasteiger partial charge on any atom is 0.234 e. The smallest absolute Gasteiger partial charge is 0.234 e. The topological polar surface area (TPSA) is 46.9 Å². The van der Waals surface area contributed by atoms with E-state index in [4.69, 9.17) is 0 Å². The fourth-order valence-electron chi connectivity index (χ4n) is 2.57. The SMILES string of the molecule is O=C(NCc1cnn2c1CCCC2)C1CSCCS1. The summed E-state index contributed by atoms with van der Waals surface area (Å²) in [5.41, 5.74) is 2.51. The molecule has 0 saturated carbocycles. The number of aryl methyl sites for hydroxylation is 1. The molecule has 0 spiro atoms. The Balaban J connectivity index is 1.57. The van der Waals surface area contributed by atoms with Gasteiger partial charge in [-0.2, -0.15) is 16.9 Å². The number of fused-ring (bicyclic) bond motifs is 1. The predicted molar refractivity (Wildman–Crippen MR) is 80.6 cm³/mol. The molecular formula is C13H19N3OS2. The molecule has 1 N–H and O–H groups in total. The molecule has 0 aromatic carbocycles. The predicted octanol–water partition coefficient (Wildman–Crippen LogP) is 1.68. The second-order valence-corrected chi connectivity index (χ2v) is 7.41. The van der Waals surface area contributed by atoms with Crippen LogP contribution in [0.2, 0.25) is 0 Å². The van der Waals surface area contributed by atoms with Crippen LogP contribution >= 0.6 is 23.5 Å². The number of nitrogens with zero attached hydrogens (tertiary/aromatic N) is 2. The highest BCUT2D eigenvalue weighted by molar-refractivity contribution is 8.07. The fourth-order valence-corrected chi connectivity index (χ4v) is 5.15. The maximum atomic E-state index is 12.1. The van der Waals surface area contributed by atoms with Crippen LogP contribution in [-0.4, -0.2) is 38.2 Å². The summed E-state index contributed by atoms with van der Waals surface area (Å²) in [5, 5.41) is 7.61. The van der Waals surface area contributed by atoms with Crippen LogP contribution < -0.4 is 5.32 Å². The Kier molecular flexibility index (Phi) is 4.38. The monoisotopic (exact) mass is 297 g/mol. The minimum atomic E-state index is 0.130. The summed E-state index contributed by atoms with van der Waals surface area (Å²) in [5.74, 6) is 3.40. The zero-order valence-electron chi connectivity index (χ0n) is 10.9. The Morgan fingerprint density at radius 3 is 3.26 bits per heavy atom. The van der Waals surface area contributed by atoms with Gasteiger partial charge in [0.2, 0.25) is 5.91 Å². The van der Waals surface area contributed by atoms with Crippen molar-refractivity contribution in [3.8, 4) is 0 Å².